The van der Waals surface area contributed by atoms with Gasteiger partial charge in [-0.2, -0.15) is 0 Å². The first-order valence-electron chi connectivity index (χ1n) is 4.88. The van der Waals surface area contributed by atoms with Crippen molar-refractivity contribution in [2.45, 2.75) is 0 Å². The summed E-state index contributed by atoms with van der Waals surface area (Å²) in [5.74, 6) is 0. The topological polar surface area (TPSA) is 43.1 Å². The molecule has 0 aliphatic heterocycles. The van der Waals surface area contributed by atoms with Crippen molar-refractivity contribution in [2.75, 3.05) is 0 Å². The van der Waals surface area contributed by atoms with Gasteiger partial charge in [-0.1, -0.05) is 40.9 Å². The second kappa shape index (κ2) is 5.14. The highest BCUT2D eigenvalue weighted by Crippen LogP contribution is 2.35. The summed E-state index contributed by atoms with van der Waals surface area (Å²) < 4.78 is 0. The molecule has 0 bridgehead atoms. The first kappa shape index (κ1) is 13.1. The quantitative estimate of drug-likeness (QED) is 0.563. The Bertz CT molecular complexity index is 629. The summed E-state index contributed by atoms with van der Waals surface area (Å²) in [5.41, 5.74) is 1.06. The van der Waals surface area contributed by atoms with E-state index in [2.05, 4.69) is 0 Å². The van der Waals surface area contributed by atoms with Gasteiger partial charge in [-0.05, 0) is 29.8 Å². The highest BCUT2D eigenvalue weighted by Gasteiger charge is 2.14. The Morgan fingerprint density at radius 3 is 2.28 bits per heavy atom. The van der Waals surface area contributed by atoms with Crippen LogP contribution >= 0.6 is 34.8 Å². The van der Waals surface area contributed by atoms with E-state index in [0.29, 0.717) is 21.2 Å². The van der Waals surface area contributed by atoms with Gasteiger partial charge in [0, 0.05) is 21.7 Å². The van der Waals surface area contributed by atoms with Gasteiger partial charge in [0.15, 0.2) is 0 Å². The predicted octanol–water partition coefficient (Wildman–Crippen LogP) is 5.22. The van der Waals surface area contributed by atoms with Crippen LogP contribution in [0.5, 0.6) is 0 Å². The molecular weight excluding hydrogens is 296 g/mol. The van der Waals surface area contributed by atoms with E-state index in [1.807, 2.05) is 0 Å². The first-order chi connectivity index (χ1) is 8.49. The second-order valence-corrected chi connectivity index (χ2v) is 4.80. The highest BCUT2D eigenvalue weighted by atomic mass is 35.5. The third-order valence-corrected chi connectivity index (χ3v) is 3.27. The summed E-state index contributed by atoms with van der Waals surface area (Å²) in [6.45, 7) is 0. The van der Waals surface area contributed by atoms with Crippen molar-refractivity contribution >= 4 is 40.5 Å². The van der Waals surface area contributed by atoms with E-state index in [0.717, 1.165) is 0 Å². The summed E-state index contributed by atoms with van der Waals surface area (Å²) in [6, 6.07) is 9.44. The van der Waals surface area contributed by atoms with Gasteiger partial charge in [0.1, 0.15) is 5.02 Å². The van der Waals surface area contributed by atoms with E-state index in [9.17, 15) is 10.1 Å². The molecule has 0 radical (unpaired) electrons. The van der Waals surface area contributed by atoms with E-state index in [-0.39, 0.29) is 10.7 Å². The van der Waals surface area contributed by atoms with Crippen LogP contribution in [0.2, 0.25) is 15.1 Å². The molecule has 0 amide bonds. The SMILES string of the molecule is O=[N+]([O-])c1cc(-c2cc(Cl)ccc2Cl)ccc1Cl. The van der Waals surface area contributed by atoms with Gasteiger partial charge in [0.2, 0.25) is 0 Å². The molecule has 0 heterocycles. The Hall–Kier alpha value is -1.29. The number of nitro benzene ring substituents is 1. The van der Waals surface area contributed by atoms with Crippen molar-refractivity contribution in [3.63, 3.8) is 0 Å². The molecule has 18 heavy (non-hydrogen) atoms. The Kier molecular flexibility index (Phi) is 3.76. The average Bonchev–Trinajstić information content (AvgIpc) is 2.33. The number of benzene rings is 2. The van der Waals surface area contributed by atoms with E-state index < -0.39 is 4.92 Å². The van der Waals surface area contributed by atoms with Crippen LogP contribution < -0.4 is 0 Å². The molecule has 0 atom stereocenters. The number of nitro groups is 1. The molecule has 0 aliphatic rings. The van der Waals surface area contributed by atoms with Crippen molar-refractivity contribution in [1.29, 1.82) is 0 Å². The van der Waals surface area contributed by atoms with Crippen molar-refractivity contribution in [1.82, 2.24) is 0 Å². The Morgan fingerprint density at radius 1 is 0.944 bits per heavy atom. The molecule has 0 N–H and O–H groups in total. The van der Waals surface area contributed by atoms with Crippen LogP contribution in [0.4, 0.5) is 5.69 Å². The highest BCUT2D eigenvalue weighted by molar-refractivity contribution is 6.35. The smallest absolute Gasteiger partial charge is 0.258 e. The Labute approximate surface area is 118 Å². The molecule has 0 saturated carbocycles. The van der Waals surface area contributed by atoms with Crippen molar-refractivity contribution in [3.8, 4) is 11.1 Å². The van der Waals surface area contributed by atoms with Crippen molar-refractivity contribution in [2.24, 2.45) is 0 Å². The van der Waals surface area contributed by atoms with E-state index in [4.69, 9.17) is 34.8 Å². The van der Waals surface area contributed by atoms with E-state index in [1.165, 1.54) is 12.1 Å². The maximum atomic E-state index is 10.8. The molecule has 0 unspecified atom stereocenters. The normalized spacial score (nSPS) is 10.4. The molecule has 0 saturated heterocycles. The fourth-order valence-corrected chi connectivity index (χ4v) is 2.12. The predicted molar refractivity (Wildman–Crippen MR) is 73.6 cm³/mol. The fourth-order valence-electron chi connectivity index (χ4n) is 1.54. The van der Waals surface area contributed by atoms with E-state index in [1.54, 1.807) is 24.3 Å². The molecule has 3 nitrogen and oxygen atoms in total. The maximum absolute atomic E-state index is 10.8. The zero-order valence-corrected chi connectivity index (χ0v) is 11.1. The minimum Gasteiger partial charge on any atom is -0.258 e. The monoisotopic (exact) mass is 301 g/mol. The van der Waals surface area contributed by atoms with Crippen LogP contribution in [0.15, 0.2) is 36.4 Å². The van der Waals surface area contributed by atoms with Gasteiger partial charge in [0.05, 0.1) is 4.92 Å². The van der Waals surface area contributed by atoms with Gasteiger partial charge >= 0.3 is 0 Å². The van der Waals surface area contributed by atoms with Gasteiger partial charge in [-0.15, -0.1) is 0 Å². The maximum Gasteiger partial charge on any atom is 0.288 e. The van der Waals surface area contributed by atoms with Gasteiger partial charge in [-0.25, -0.2) is 0 Å². The Balaban J connectivity index is 2.61. The minimum atomic E-state index is -0.537. The average molecular weight is 303 g/mol. The number of halogens is 3. The lowest BCUT2D eigenvalue weighted by Crippen LogP contribution is -1.90. The molecule has 0 aliphatic carbocycles. The molecule has 0 fully saturated rings. The largest absolute Gasteiger partial charge is 0.288 e. The molecule has 2 aromatic rings. The standard InChI is InChI=1S/C12H6Cl3NO2/c13-8-2-4-10(14)9(6-8)7-1-3-11(15)12(5-7)16(17)18/h1-6H. The number of hydrogen-bond donors (Lipinski definition) is 0. The summed E-state index contributed by atoms with van der Waals surface area (Å²) >= 11 is 17.7. The lowest BCUT2D eigenvalue weighted by atomic mass is 10.1. The molecule has 0 spiro atoms. The summed E-state index contributed by atoms with van der Waals surface area (Å²) in [6.07, 6.45) is 0. The molecular formula is C12H6Cl3NO2. The van der Waals surface area contributed by atoms with Gasteiger partial charge in [0.25, 0.3) is 5.69 Å². The summed E-state index contributed by atoms with van der Waals surface area (Å²) in [4.78, 5) is 10.3. The van der Waals surface area contributed by atoms with Gasteiger partial charge < -0.3 is 0 Å². The van der Waals surface area contributed by atoms with Crippen LogP contribution in [0, 0.1) is 10.1 Å². The molecule has 92 valence electrons. The fraction of sp³-hybridized carbons (Fsp3) is 0. The number of nitrogens with zero attached hydrogens (tertiary/aromatic N) is 1. The summed E-state index contributed by atoms with van der Waals surface area (Å²) in [7, 11) is 0. The van der Waals surface area contributed by atoms with Crippen LogP contribution in [0.3, 0.4) is 0 Å². The molecule has 2 rings (SSSR count). The van der Waals surface area contributed by atoms with Crippen LogP contribution in [0.1, 0.15) is 0 Å². The lowest BCUT2D eigenvalue weighted by molar-refractivity contribution is -0.384. The van der Waals surface area contributed by atoms with Gasteiger partial charge in [-0.3, -0.25) is 10.1 Å². The lowest BCUT2D eigenvalue weighted by Gasteiger charge is -2.05. The number of rotatable bonds is 2. The summed E-state index contributed by atoms with van der Waals surface area (Å²) in [5, 5.41) is 11.9. The minimum absolute atomic E-state index is 0.0851. The van der Waals surface area contributed by atoms with Crippen molar-refractivity contribution < 1.29 is 4.92 Å². The van der Waals surface area contributed by atoms with Crippen LogP contribution in [-0.4, -0.2) is 4.92 Å². The molecule has 0 aromatic heterocycles. The third-order valence-electron chi connectivity index (χ3n) is 2.38. The van der Waals surface area contributed by atoms with Crippen molar-refractivity contribution in [3.05, 3.63) is 61.6 Å². The third kappa shape index (κ3) is 2.58. The second-order valence-electron chi connectivity index (χ2n) is 3.55. The Morgan fingerprint density at radius 2 is 1.61 bits per heavy atom. The van der Waals surface area contributed by atoms with E-state index >= 15 is 0 Å². The molecule has 6 heteroatoms. The first-order valence-corrected chi connectivity index (χ1v) is 6.02. The van der Waals surface area contributed by atoms with Crippen LogP contribution in [0.25, 0.3) is 11.1 Å². The zero-order chi connectivity index (χ0) is 13.3. The zero-order valence-electron chi connectivity index (χ0n) is 8.86. The van der Waals surface area contributed by atoms with Crippen LogP contribution in [-0.2, 0) is 0 Å². The molecule has 2 aromatic carbocycles. The number of hydrogen-bond acceptors (Lipinski definition) is 2.